The van der Waals surface area contributed by atoms with Crippen LogP contribution >= 0.6 is 34.4 Å². The van der Waals surface area contributed by atoms with Crippen LogP contribution in [-0.4, -0.2) is 16.7 Å². The Morgan fingerprint density at radius 1 is 1.24 bits per heavy atom. The van der Waals surface area contributed by atoms with Crippen molar-refractivity contribution in [1.82, 2.24) is 5.32 Å². The van der Waals surface area contributed by atoms with Gasteiger partial charge in [-0.05, 0) is 52.9 Å². The average Bonchev–Trinajstić information content (AvgIpc) is 2.46. The Balaban J connectivity index is 2.33. The summed E-state index contributed by atoms with van der Waals surface area (Å²) in [7, 11) is 1.61. The lowest BCUT2D eigenvalue weighted by atomic mass is 10.2. The Kier molecular flexibility index (Phi) is 5.24. The molecule has 0 aliphatic rings. The van der Waals surface area contributed by atoms with Crippen LogP contribution in [0.4, 0.5) is 5.69 Å². The van der Waals surface area contributed by atoms with Gasteiger partial charge in [-0.25, -0.2) is 0 Å². The van der Waals surface area contributed by atoms with Crippen molar-refractivity contribution in [3.8, 4) is 0 Å². The van der Waals surface area contributed by atoms with Gasteiger partial charge in [0.05, 0.1) is 5.56 Å². The molecular weight excluding hydrogens is 397 g/mol. The molecular formula is C15H14IN3OS. The van der Waals surface area contributed by atoms with Gasteiger partial charge in [0.25, 0.3) is 5.91 Å². The number of nitrogens with one attached hydrogen (secondary N) is 2. The smallest absolute Gasteiger partial charge is 0.252 e. The second kappa shape index (κ2) is 6.95. The van der Waals surface area contributed by atoms with Crippen LogP contribution in [0.3, 0.4) is 0 Å². The SMILES string of the molecule is CNC(=O)c1ccccc1Sc1ccc(C(=N)I)c(N)c1. The number of benzene rings is 2. The van der Waals surface area contributed by atoms with Gasteiger partial charge in [0.2, 0.25) is 0 Å². The van der Waals surface area contributed by atoms with Crippen LogP contribution in [-0.2, 0) is 0 Å². The predicted octanol–water partition coefficient (Wildman–Crippen LogP) is 3.54. The Morgan fingerprint density at radius 2 is 1.95 bits per heavy atom. The highest BCUT2D eigenvalue weighted by atomic mass is 127. The molecule has 2 rings (SSSR count). The van der Waals surface area contributed by atoms with E-state index in [-0.39, 0.29) is 5.91 Å². The molecule has 1 amide bonds. The monoisotopic (exact) mass is 411 g/mol. The summed E-state index contributed by atoms with van der Waals surface area (Å²) in [5, 5.41) is 10.3. The van der Waals surface area contributed by atoms with Crippen LogP contribution in [0.15, 0.2) is 52.3 Å². The fourth-order valence-corrected chi connectivity index (χ4v) is 3.29. The molecule has 0 aliphatic heterocycles. The quantitative estimate of drug-likeness (QED) is 0.409. The highest BCUT2D eigenvalue weighted by Gasteiger charge is 2.11. The summed E-state index contributed by atoms with van der Waals surface area (Å²) in [4.78, 5) is 13.7. The standard InChI is InChI=1S/C15H14IN3OS/c1-19-15(20)11-4-2-3-5-13(11)21-9-6-7-10(14(16)18)12(17)8-9/h2-8,18H,17H2,1H3,(H,19,20). The fourth-order valence-electron chi connectivity index (χ4n) is 1.81. The number of anilines is 1. The largest absolute Gasteiger partial charge is 0.398 e. The van der Waals surface area contributed by atoms with Crippen molar-refractivity contribution in [2.24, 2.45) is 0 Å². The fraction of sp³-hybridized carbons (Fsp3) is 0.0667. The lowest BCUT2D eigenvalue weighted by molar-refractivity contribution is 0.0960. The zero-order chi connectivity index (χ0) is 15.4. The van der Waals surface area contributed by atoms with E-state index < -0.39 is 0 Å². The number of halogens is 1. The number of hydrogen-bond acceptors (Lipinski definition) is 4. The molecule has 0 saturated carbocycles. The van der Waals surface area contributed by atoms with E-state index >= 15 is 0 Å². The second-order valence-electron chi connectivity index (χ2n) is 4.24. The van der Waals surface area contributed by atoms with Crippen molar-refractivity contribution in [1.29, 1.82) is 5.41 Å². The number of rotatable bonds is 4. The molecule has 0 spiro atoms. The normalized spacial score (nSPS) is 10.2. The van der Waals surface area contributed by atoms with Crippen molar-refractivity contribution in [2.45, 2.75) is 9.79 Å². The third kappa shape index (κ3) is 3.76. The third-order valence-electron chi connectivity index (χ3n) is 2.85. The van der Waals surface area contributed by atoms with Crippen molar-refractivity contribution >= 4 is 49.7 Å². The van der Waals surface area contributed by atoms with Gasteiger partial charge in [0.15, 0.2) is 0 Å². The molecule has 0 bridgehead atoms. The number of nitrogens with two attached hydrogens (primary N) is 1. The maximum atomic E-state index is 11.9. The molecule has 0 aliphatic carbocycles. The van der Waals surface area contributed by atoms with Gasteiger partial charge in [0.1, 0.15) is 3.72 Å². The van der Waals surface area contributed by atoms with Crippen molar-refractivity contribution in [2.75, 3.05) is 12.8 Å². The summed E-state index contributed by atoms with van der Waals surface area (Å²) >= 11 is 3.41. The minimum atomic E-state index is -0.114. The maximum absolute atomic E-state index is 11.9. The van der Waals surface area contributed by atoms with Gasteiger partial charge in [-0.2, -0.15) is 0 Å². The van der Waals surface area contributed by atoms with E-state index in [1.807, 2.05) is 59.0 Å². The molecule has 4 nitrogen and oxygen atoms in total. The van der Waals surface area contributed by atoms with Gasteiger partial charge in [-0.15, -0.1) is 0 Å². The summed E-state index contributed by atoms with van der Waals surface area (Å²) in [6.45, 7) is 0. The van der Waals surface area contributed by atoms with Gasteiger partial charge < -0.3 is 11.1 Å². The van der Waals surface area contributed by atoms with Crippen LogP contribution in [0.25, 0.3) is 0 Å². The molecule has 0 atom stereocenters. The number of carbonyl (C=O) groups is 1. The molecule has 0 unspecified atom stereocenters. The molecule has 21 heavy (non-hydrogen) atoms. The van der Waals surface area contributed by atoms with Crippen LogP contribution in [0, 0.1) is 5.41 Å². The topological polar surface area (TPSA) is 79.0 Å². The van der Waals surface area contributed by atoms with E-state index in [9.17, 15) is 4.79 Å². The van der Waals surface area contributed by atoms with E-state index in [1.54, 1.807) is 13.1 Å². The Morgan fingerprint density at radius 3 is 2.57 bits per heavy atom. The summed E-state index contributed by atoms with van der Waals surface area (Å²) in [6, 6.07) is 13.0. The molecule has 108 valence electrons. The minimum Gasteiger partial charge on any atom is -0.398 e. The summed E-state index contributed by atoms with van der Waals surface area (Å²) in [5.41, 5.74) is 7.88. The second-order valence-corrected chi connectivity index (χ2v) is 6.43. The number of hydrogen-bond donors (Lipinski definition) is 3. The zero-order valence-corrected chi connectivity index (χ0v) is 14.3. The van der Waals surface area contributed by atoms with Gasteiger partial charge in [-0.3, -0.25) is 10.2 Å². The lowest BCUT2D eigenvalue weighted by Gasteiger charge is -2.09. The molecule has 6 heteroatoms. The van der Waals surface area contributed by atoms with Crippen LogP contribution in [0.5, 0.6) is 0 Å². The first-order valence-corrected chi connectivity index (χ1v) is 8.05. The van der Waals surface area contributed by atoms with Crippen LogP contribution < -0.4 is 11.1 Å². The molecule has 4 N–H and O–H groups in total. The van der Waals surface area contributed by atoms with Crippen molar-refractivity contribution in [3.05, 3.63) is 53.6 Å². The predicted molar refractivity (Wildman–Crippen MR) is 95.7 cm³/mol. The first kappa shape index (κ1) is 15.8. The van der Waals surface area contributed by atoms with E-state index in [2.05, 4.69) is 5.32 Å². The Hall–Kier alpha value is -1.54. The van der Waals surface area contributed by atoms with E-state index in [0.29, 0.717) is 15.0 Å². The van der Waals surface area contributed by atoms with Crippen LogP contribution in [0.2, 0.25) is 0 Å². The molecule has 0 heterocycles. The zero-order valence-electron chi connectivity index (χ0n) is 11.3. The molecule has 0 fully saturated rings. The summed E-state index contributed by atoms with van der Waals surface area (Å²) in [5.74, 6) is -0.114. The van der Waals surface area contributed by atoms with E-state index in [4.69, 9.17) is 11.1 Å². The first-order chi connectivity index (χ1) is 10.0. The van der Waals surface area contributed by atoms with E-state index in [0.717, 1.165) is 15.4 Å². The molecule has 0 radical (unpaired) electrons. The molecule has 2 aromatic carbocycles. The van der Waals surface area contributed by atoms with Crippen molar-refractivity contribution < 1.29 is 4.79 Å². The number of nitrogen functional groups attached to an aromatic ring is 1. The Bertz CT molecular complexity index is 703. The first-order valence-electron chi connectivity index (χ1n) is 6.16. The van der Waals surface area contributed by atoms with Crippen molar-refractivity contribution in [3.63, 3.8) is 0 Å². The Labute approximate surface area is 141 Å². The summed E-state index contributed by atoms with van der Waals surface area (Å²) < 4.78 is 0.410. The van der Waals surface area contributed by atoms with Crippen LogP contribution in [0.1, 0.15) is 15.9 Å². The van der Waals surface area contributed by atoms with Gasteiger partial charge >= 0.3 is 0 Å². The third-order valence-corrected chi connectivity index (χ3v) is 4.49. The summed E-state index contributed by atoms with van der Waals surface area (Å²) in [6.07, 6.45) is 0. The molecule has 0 aromatic heterocycles. The average molecular weight is 411 g/mol. The lowest BCUT2D eigenvalue weighted by Crippen LogP contribution is -2.18. The highest BCUT2D eigenvalue weighted by Crippen LogP contribution is 2.32. The number of carbonyl (C=O) groups excluding carboxylic acids is 1. The van der Waals surface area contributed by atoms with Gasteiger partial charge in [-0.1, -0.05) is 23.9 Å². The molecule has 2 aromatic rings. The maximum Gasteiger partial charge on any atom is 0.252 e. The number of amides is 1. The van der Waals surface area contributed by atoms with Gasteiger partial charge in [0, 0.05) is 28.1 Å². The minimum absolute atomic E-state index is 0.114. The van der Waals surface area contributed by atoms with E-state index in [1.165, 1.54) is 11.8 Å². The molecule has 0 saturated heterocycles. The highest BCUT2D eigenvalue weighted by molar-refractivity contribution is 14.1.